The van der Waals surface area contributed by atoms with Crippen LogP contribution >= 0.6 is 7.52 Å². The van der Waals surface area contributed by atoms with Crippen LogP contribution in [0.3, 0.4) is 0 Å². The lowest BCUT2D eigenvalue weighted by Crippen LogP contribution is -2.16. The van der Waals surface area contributed by atoms with E-state index in [1.807, 2.05) is 44.2 Å². The third-order valence-corrected chi connectivity index (χ3v) is 6.97. The second kappa shape index (κ2) is 15.5. The molecule has 0 N–H and O–H groups in total. The summed E-state index contributed by atoms with van der Waals surface area (Å²) in [5.41, 5.74) is 0.688. The summed E-state index contributed by atoms with van der Waals surface area (Å²) in [7, 11) is 0.186. The third kappa shape index (κ3) is 9.26. The van der Waals surface area contributed by atoms with Crippen LogP contribution in [0.2, 0.25) is 0 Å². The quantitative estimate of drug-likeness (QED) is 0.535. The van der Waals surface area contributed by atoms with Gasteiger partial charge in [-0.05, 0) is 24.3 Å². The van der Waals surface area contributed by atoms with Gasteiger partial charge in [-0.2, -0.15) is 0 Å². The van der Waals surface area contributed by atoms with E-state index in [1.165, 1.54) is 7.11 Å². The van der Waals surface area contributed by atoms with Crippen LogP contribution in [-0.4, -0.2) is 73.7 Å². The highest BCUT2D eigenvalue weighted by Crippen LogP contribution is 2.48. The molecule has 10 heteroatoms. The Morgan fingerprint density at radius 1 is 0.714 bits per heavy atom. The normalized spacial score (nSPS) is 16.9. The maximum atomic E-state index is 12.6. The van der Waals surface area contributed by atoms with Crippen molar-refractivity contribution >= 4 is 13.2 Å². The number of ether oxygens (including phenoxy) is 6. The molecule has 9 nitrogen and oxygen atoms in total. The summed E-state index contributed by atoms with van der Waals surface area (Å²) in [6.07, 6.45) is 0. The van der Waals surface area contributed by atoms with Gasteiger partial charge in [0.05, 0.1) is 26.4 Å². The highest BCUT2D eigenvalue weighted by molar-refractivity contribution is 7.59. The smallest absolute Gasteiger partial charge is 0.292 e. The Balaban J connectivity index is 0.00000210. The predicted octanol–water partition coefficient (Wildman–Crippen LogP) is 4.88. The molecule has 1 heterocycles. The van der Waals surface area contributed by atoms with Crippen molar-refractivity contribution in [2.45, 2.75) is 13.8 Å². The number of fused-ring (bicyclic) bond motifs is 2. The van der Waals surface area contributed by atoms with E-state index in [-0.39, 0.29) is 0 Å². The zero-order valence-electron chi connectivity index (χ0n) is 21.4. The summed E-state index contributed by atoms with van der Waals surface area (Å²) < 4.78 is 53.9. The van der Waals surface area contributed by atoms with Crippen LogP contribution in [0, 0.1) is 0 Å². The number of hydrogen-bond donors (Lipinski definition) is 0. The van der Waals surface area contributed by atoms with Crippen molar-refractivity contribution in [1.29, 1.82) is 0 Å². The highest BCUT2D eigenvalue weighted by atomic mass is 31.2. The number of para-hydroxylation sites is 2. The fraction of sp³-hybridized carbons (Fsp3) is 0.520. The molecular weight excluding hydrogens is 473 g/mol. The number of hydrogen-bond acceptors (Lipinski definition) is 8. The average molecular weight is 512 g/mol. The van der Waals surface area contributed by atoms with E-state index in [4.69, 9.17) is 32.9 Å². The molecule has 0 aromatic heterocycles. The lowest BCUT2D eigenvalue weighted by Gasteiger charge is -2.26. The number of rotatable bonds is 3. The molecule has 0 spiro atoms. The molecular formula is C25H38NO8P. The molecule has 0 bridgehead atoms. The minimum atomic E-state index is -2.95. The number of anilines is 1. The molecule has 0 aliphatic carbocycles. The minimum Gasteiger partial charge on any atom is -0.487 e. The first-order chi connectivity index (χ1) is 17.0. The fourth-order valence-electron chi connectivity index (χ4n) is 3.00. The molecule has 1 aliphatic rings. The number of benzene rings is 2. The summed E-state index contributed by atoms with van der Waals surface area (Å²) in [5.74, 6) is 2.42. The summed E-state index contributed by atoms with van der Waals surface area (Å²) in [6.45, 7) is 8.56. The molecule has 1 aliphatic heterocycles. The summed E-state index contributed by atoms with van der Waals surface area (Å²) in [6, 6.07) is 12.9. The van der Waals surface area contributed by atoms with Crippen molar-refractivity contribution in [3.63, 3.8) is 0 Å². The van der Waals surface area contributed by atoms with Crippen LogP contribution in [0.5, 0.6) is 23.0 Å². The van der Waals surface area contributed by atoms with Crippen LogP contribution in [0.15, 0.2) is 42.5 Å². The van der Waals surface area contributed by atoms with Gasteiger partial charge in [-0.1, -0.05) is 26.0 Å². The van der Waals surface area contributed by atoms with Gasteiger partial charge in [0.15, 0.2) is 23.0 Å². The second-order valence-electron chi connectivity index (χ2n) is 7.21. The van der Waals surface area contributed by atoms with Gasteiger partial charge in [0, 0.05) is 32.6 Å². The van der Waals surface area contributed by atoms with Crippen molar-refractivity contribution < 1.29 is 37.5 Å². The van der Waals surface area contributed by atoms with Gasteiger partial charge in [-0.25, -0.2) is 0 Å². The molecule has 3 rings (SSSR count). The molecule has 2 aromatic rings. The van der Waals surface area contributed by atoms with Gasteiger partial charge < -0.3 is 37.6 Å². The van der Waals surface area contributed by atoms with Crippen LogP contribution < -0.4 is 23.6 Å². The summed E-state index contributed by atoms with van der Waals surface area (Å²) in [5, 5.41) is 0. The molecule has 1 atom stereocenters. The molecule has 0 amide bonds. The Morgan fingerprint density at radius 3 is 1.60 bits per heavy atom. The van der Waals surface area contributed by atoms with Gasteiger partial charge in [-0.15, -0.1) is 0 Å². The van der Waals surface area contributed by atoms with Crippen LogP contribution in [0.1, 0.15) is 13.8 Å². The first-order valence-corrected chi connectivity index (χ1v) is 13.8. The molecule has 0 saturated carbocycles. The first kappa shape index (κ1) is 28.8. The van der Waals surface area contributed by atoms with Crippen molar-refractivity contribution in [2.75, 3.05) is 78.3 Å². The monoisotopic (exact) mass is 511 g/mol. The van der Waals surface area contributed by atoms with E-state index in [2.05, 4.69) is 0 Å². The lowest BCUT2D eigenvalue weighted by molar-refractivity contribution is 0.0640. The van der Waals surface area contributed by atoms with Gasteiger partial charge in [0.25, 0.3) is 7.52 Å². The third-order valence-electron chi connectivity index (χ3n) is 4.97. The molecule has 1 unspecified atom stereocenters. The van der Waals surface area contributed by atoms with E-state index in [0.29, 0.717) is 81.5 Å². The Bertz CT molecular complexity index is 926. The highest BCUT2D eigenvalue weighted by Gasteiger charge is 2.22. The molecule has 0 fully saturated rings. The SMILES string of the molecule is CC.COP(C)(=O)N(C)c1ccc2c(c1)OCCOCCOc1ccccc1OCCOCCO2. The standard InChI is InChI=1S/C23H32NO8P.C2H6/c1-24(33(3,25)26-2)19-8-9-22-23(18-19)32-17-13-28-11-15-30-21-7-5-4-6-20(21)29-14-10-27-12-16-31-22;1-2/h4-9,18H,10-17H2,1-3H3;1-2H3. The van der Waals surface area contributed by atoms with Gasteiger partial charge in [-0.3, -0.25) is 4.57 Å². The maximum absolute atomic E-state index is 12.6. The molecule has 0 radical (unpaired) electrons. The molecule has 35 heavy (non-hydrogen) atoms. The van der Waals surface area contributed by atoms with Crippen LogP contribution in [0.4, 0.5) is 5.69 Å². The van der Waals surface area contributed by atoms with Crippen molar-refractivity contribution in [2.24, 2.45) is 0 Å². The number of nitrogens with zero attached hydrogens (tertiary/aromatic N) is 1. The van der Waals surface area contributed by atoms with E-state index in [9.17, 15) is 4.57 Å². The second-order valence-corrected chi connectivity index (χ2v) is 9.78. The Kier molecular flexibility index (Phi) is 12.8. The Hall–Kier alpha value is -2.45. The predicted molar refractivity (Wildman–Crippen MR) is 137 cm³/mol. The Labute approximate surface area is 208 Å². The molecule has 0 saturated heterocycles. The zero-order chi connectivity index (χ0) is 25.5. The molecule has 196 valence electrons. The summed E-state index contributed by atoms with van der Waals surface area (Å²) in [4.78, 5) is 0. The Morgan fingerprint density at radius 2 is 1.14 bits per heavy atom. The minimum absolute atomic E-state index is 0.313. The van der Waals surface area contributed by atoms with Gasteiger partial charge in [0.2, 0.25) is 0 Å². The van der Waals surface area contributed by atoms with Crippen LogP contribution in [0.25, 0.3) is 0 Å². The van der Waals surface area contributed by atoms with E-state index in [0.717, 1.165) is 0 Å². The fourth-order valence-corrected chi connectivity index (χ4v) is 3.79. The summed E-state index contributed by atoms with van der Waals surface area (Å²) >= 11 is 0. The maximum Gasteiger partial charge on any atom is 0.292 e. The first-order valence-electron chi connectivity index (χ1n) is 11.8. The van der Waals surface area contributed by atoms with Gasteiger partial charge >= 0.3 is 0 Å². The average Bonchev–Trinajstić information content (AvgIpc) is 2.89. The van der Waals surface area contributed by atoms with Crippen molar-refractivity contribution in [3.8, 4) is 23.0 Å². The van der Waals surface area contributed by atoms with E-state index >= 15 is 0 Å². The van der Waals surface area contributed by atoms with Crippen molar-refractivity contribution in [3.05, 3.63) is 42.5 Å². The van der Waals surface area contributed by atoms with E-state index in [1.54, 1.807) is 30.5 Å². The van der Waals surface area contributed by atoms with Crippen molar-refractivity contribution in [1.82, 2.24) is 0 Å². The zero-order valence-corrected chi connectivity index (χ0v) is 22.3. The van der Waals surface area contributed by atoms with Crippen LogP contribution in [-0.2, 0) is 18.6 Å². The van der Waals surface area contributed by atoms with E-state index < -0.39 is 7.52 Å². The topological polar surface area (TPSA) is 84.9 Å². The van der Waals surface area contributed by atoms with Gasteiger partial charge in [0.1, 0.15) is 26.4 Å². The molecule has 2 aromatic carbocycles. The largest absolute Gasteiger partial charge is 0.487 e. The lowest BCUT2D eigenvalue weighted by atomic mass is 10.2.